The number of nitrogens with zero attached hydrogens (tertiary/aromatic N) is 3. The van der Waals surface area contributed by atoms with Gasteiger partial charge >= 0.3 is 0 Å². The van der Waals surface area contributed by atoms with Crippen LogP contribution < -0.4 is 20.9 Å². The number of nitriles is 1. The SMILES string of the molecule is CN1NC=c2c1ccc(N=O)/c2=C(/C#N)c1ccc(Cl)cc1. The molecule has 0 saturated heterocycles. The fourth-order valence-corrected chi connectivity index (χ4v) is 2.61. The summed E-state index contributed by atoms with van der Waals surface area (Å²) >= 11 is 5.89. The highest BCUT2D eigenvalue weighted by molar-refractivity contribution is 6.30. The summed E-state index contributed by atoms with van der Waals surface area (Å²) in [6.45, 7) is 0. The van der Waals surface area contributed by atoms with E-state index in [1.54, 1.807) is 42.6 Å². The fourth-order valence-electron chi connectivity index (χ4n) is 2.49. The molecule has 0 amide bonds. The van der Waals surface area contributed by atoms with Gasteiger partial charge < -0.3 is 5.43 Å². The molecule has 0 bridgehead atoms. The van der Waals surface area contributed by atoms with E-state index in [9.17, 15) is 10.2 Å². The second kappa shape index (κ2) is 5.51. The molecular formula is C16H11ClN4O. The van der Waals surface area contributed by atoms with Gasteiger partial charge in [-0.05, 0) is 35.0 Å². The highest BCUT2D eigenvalue weighted by Gasteiger charge is 2.15. The summed E-state index contributed by atoms with van der Waals surface area (Å²) in [5.41, 5.74) is 5.22. The summed E-state index contributed by atoms with van der Waals surface area (Å²) in [4.78, 5) is 11.2. The first-order chi connectivity index (χ1) is 10.7. The number of halogens is 1. The predicted molar refractivity (Wildman–Crippen MR) is 86.7 cm³/mol. The van der Waals surface area contributed by atoms with Gasteiger partial charge in [0.2, 0.25) is 0 Å². The van der Waals surface area contributed by atoms with E-state index < -0.39 is 0 Å². The molecule has 1 heterocycles. The maximum atomic E-state index is 11.2. The van der Waals surface area contributed by atoms with Crippen LogP contribution in [0.1, 0.15) is 5.56 Å². The lowest BCUT2D eigenvalue weighted by Gasteiger charge is -2.13. The summed E-state index contributed by atoms with van der Waals surface area (Å²) in [5, 5.41) is 16.4. The zero-order chi connectivity index (χ0) is 15.7. The number of benzene rings is 2. The predicted octanol–water partition coefficient (Wildman–Crippen LogP) is 2.15. The fraction of sp³-hybridized carbons (Fsp3) is 0.0625. The third-order valence-electron chi connectivity index (χ3n) is 3.56. The van der Waals surface area contributed by atoms with Crippen molar-refractivity contribution in [2.75, 3.05) is 12.1 Å². The van der Waals surface area contributed by atoms with Crippen LogP contribution in [0.4, 0.5) is 11.4 Å². The van der Waals surface area contributed by atoms with Crippen molar-refractivity contribution in [3.05, 3.63) is 62.3 Å². The Balaban J connectivity index is 2.45. The van der Waals surface area contributed by atoms with Gasteiger partial charge in [-0.3, -0.25) is 5.01 Å². The van der Waals surface area contributed by atoms with Gasteiger partial charge in [0.25, 0.3) is 0 Å². The summed E-state index contributed by atoms with van der Waals surface area (Å²) in [6.07, 6.45) is 1.76. The Labute approximate surface area is 131 Å². The summed E-state index contributed by atoms with van der Waals surface area (Å²) in [5.74, 6) is 0. The standard InChI is InChI=1S/C16H11ClN4O/c1-21-15-7-6-14(20-22)16(13(15)9-19-21)12(8-18)10-2-4-11(17)5-3-10/h2-7,9,19H,1H3/b16-12-. The van der Waals surface area contributed by atoms with Crippen LogP contribution in [-0.2, 0) is 0 Å². The van der Waals surface area contributed by atoms with Crippen LogP contribution in [0.5, 0.6) is 0 Å². The van der Waals surface area contributed by atoms with Crippen molar-refractivity contribution in [1.29, 1.82) is 5.26 Å². The van der Waals surface area contributed by atoms with Gasteiger partial charge in [-0.25, -0.2) is 0 Å². The van der Waals surface area contributed by atoms with Crippen LogP contribution in [0.15, 0.2) is 41.6 Å². The normalized spacial score (nSPS) is 13.6. The molecule has 0 saturated carbocycles. The third-order valence-corrected chi connectivity index (χ3v) is 3.81. The highest BCUT2D eigenvalue weighted by atomic mass is 35.5. The quantitative estimate of drug-likeness (QED) is 0.863. The number of nitroso groups, excluding NO2 is 1. The van der Waals surface area contributed by atoms with Gasteiger partial charge in [-0.2, -0.15) is 5.26 Å². The molecule has 2 aromatic rings. The summed E-state index contributed by atoms with van der Waals surface area (Å²) in [7, 11) is 1.86. The van der Waals surface area contributed by atoms with Crippen LogP contribution in [0.3, 0.4) is 0 Å². The lowest BCUT2D eigenvalue weighted by molar-refractivity contribution is 0.902. The highest BCUT2D eigenvalue weighted by Crippen LogP contribution is 2.18. The smallest absolute Gasteiger partial charge is 0.117 e. The number of anilines is 1. The zero-order valence-electron chi connectivity index (χ0n) is 11.7. The largest absolute Gasteiger partial charge is 0.305 e. The van der Waals surface area contributed by atoms with Gasteiger partial charge in [0.1, 0.15) is 11.8 Å². The Hall–Kier alpha value is -2.84. The van der Waals surface area contributed by atoms with Crippen LogP contribution in [0, 0.1) is 16.2 Å². The first-order valence-corrected chi connectivity index (χ1v) is 6.90. The Morgan fingerprint density at radius 3 is 2.64 bits per heavy atom. The molecule has 1 N–H and O–H groups in total. The molecule has 1 aliphatic rings. The molecule has 0 radical (unpaired) electrons. The second-order valence-electron chi connectivity index (χ2n) is 4.81. The van der Waals surface area contributed by atoms with E-state index >= 15 is 0 Å². The van der Waals surface area contributed by atoms with Gasteiger partial charge in [-0.1, -0.05) is 23.7 Å². The molecule has 0 spiro atoms. The molecule has 3 rings (SSSR count). The van der Waals surface area contributed by atoms with Crippen molar-refractivity contribution in [2.24, 2.45) is 5.18 Å². The van der Waals surface area contributed by atoms with E-state index in [2.05, 4.69) is 16.7 Å². The molecule has 0 unspecified atom stereocenters. The van der Waals surface area contributed by atoms with Crippen molar-refractivity contribution < 1.29 is 0 Å². The molecule has 5 nitrogen and oxygen atoms in total. The van der Waals surface area contributed by atoms with Crippen LogP contribution in [0.25, 0.3) is 11.8 Å². The van der Waals surface area contributed by atoms with Crippen molar-refractivity contribution in [3.63, 3.8) is 0 Å². The van der Waals surface area contributed by atoms with E-state index in [-0.39, 0.29) is 5.69 Å². The minimum absolute atomic E-state index is 0.235. The maximum absolute atomic E-state index is 11.2. The Kier molecular flexibility index (Phi) is 3.53. The van der Waals surface area contributed by atoms with Crippen LogP contribution >= 0.6 is 11.6 Å². The zero-order valence-corrected chi connectivity index (χ0v) is 12.4. The first-order valence-electron chi connectivity index (χ1n) is 6.52. The molecule has 108 valence electrons. The molecule has 0 aliphatic carbocycles. The lowest BCUT2D eigenvalue weighted by atomic mass is 10.0. The van der Waals surface area contributed by atoms with E-state index in [4.69, 9.17) is 11.6 Å². The molecule has 0 aromatic heterocycles. The van der Waals surface area contributed by atoms with Crippen LogP contribution in [-0.4, -0.2) is 7.05 Å². The van der Waals surface area contributed by atoms with Crippen molar-refractivity contribution in [3.8, 4) is 6.07 Å². The Morgan fingerprint density at radius 1 is 1.27 bits per heavy atom. The first kappa shape index (κ1) is 14.1. The number of hydrazine groups is 1. The van der Waals surface area contributed by atoms with E-state index in [0.29, 0.717) is 21.4 Å². The third kappa shape index (κ3) is 2.20. The van der Waals surface area contributed by atoms with Crippen LogP contribution in [0.2, 0.25) is 5.02 Å². The molecular weight excluding hydrogens is 300 g/mol. The summed E-state index contributed by atoms with van der Waals surface area (Å²) < 4.78 is 0. The van der Waals surface area contributed by atoms with E-state index in [0.717, 1.165) is 10.9 Å². The van der Waals surface area contributed by atoms with Crippen molar-refractivity contribution in [1.82, 2.24) is 5.43 Å². The molecule has 0 fully saturated rings. The van der Waals surface area contributed by atoms with Gasteiger partial charge in [-0.15, -0.1) is 4.91 Å². The molecule has 0 atom stereocenters. The monoisotopic (exact) mass is 310 g/mol. The Morgan fingerprint density at radius 2 is 2.00 bits per heavy atom. The van der Waals surface area contributed by atoms with Gasteiger partial charge in [0.15, 0.2) is 0 Å². The van der Waals surface area contributed by atoms with Gasteiger partial charge in [0, 0.05) is 28.7 Å². The second-order valence-corrected chi connectivity index (χ2v) is 5.25. The molecule has 1 aliphatic heterocycles. The lowest BCUT2D eigenvalue weighted by Crippen LogP contribution is -2.30. The van der Waals surface area contributed by atoms with E-state index in [1.165, 1.54) is 0 Å². The minimum atomic E-state index is 0.235. The number of nitrogens with one attached hydrogen (secondary N) is 1. The number of hydrogen-bond acceptors (Lipinski definition) is 5. The number of hydrogen-bond donors (Lipinski definition) is 1. The number of fused-ring (bicyclic) bond motifs is 1. The molecule has 22 heavy (non-hydrogen) atoms. The maximum Gasteiger partial charge on any atom is 0.117 e. The average molecular weight is 311 g/mol. The summed E-state index contributed by atoms with van der Waals surface area (Å²) in [6, 6.07) is 12.5. The van der Waals surface area contributed by atoms with Gasteiger partial charge in [0.05, 0.1) is 11.3 Å². The number of rotatable bonds is 2. The molecule has 6 heteroatoms. The molecule has 2 aromatic carbocycles. The average Bonchev–Trinajstić information content (AvgIpc) is 2.91. The van der Waals surface area contributed by atoms with E-state index in [1.807, 2.05) is 12.1 Å². The minimum Gasteiger partial charge on any atom is -0.305 e. The Bertz CT molecular complexity index is 913. The van der Waals surface area contributed by atoms with Crippen molar-refractivity contribution in [2.45, 2.75) is 0 Å². The van der Waals surface area contributed by atoms with Crippen molar-refractivity contribution >= 4 is 34.7 Å². The topological polar surface area (TPSA) is 68.5 Å².